The summed E-state index contributed by atoms with van der Waals surface area (Å²) in [6.45, 7) is 6.17. The van der Waals surface area contributed by atoms with Gasteiger partial charge in [0.05, 0.1) is 0 Å². The second-order valence-electron chi connectivity index (χ2n) is 5.74. The van der Waals surface area contributed by atoms with E-state index < -0.39 is 23.3 Å². The summed E-state index contributed by atoms with van der Waals surface area (Å²) in [4.78, 5) is 38.9. The highest BCUT2D eigenvalue weighted by atomic mass is 16.2. The second-order valence-corrected chi connectivity index (χ2v) is 5.74. The summed E-state index contributed by atoms with van der Waals surface area (Å²) >= 11 is 0. The molecule has 0 bridgehead atoms. The van der Waals surface area contributed by atoms with E-state index in [1.54, 1.807) is 13.8 Å². The predicted molar refractivity (Wildman–Crippen MR) is 69.3 cm³/mol. The first-order valence-corrected chi connectivity index (χ1v) is 6.82. The molecule has 0 radical (unpaired) electrons. The first kappa shape index (κ1) is 14.0. The van der Waals surface area contributed by atoms with Crippen LogP contribution in [0.25, 0.3) is 0 Å². The lowest BCUT2D eigenvalue weighted by atomic mass is 9.89. The lowest BCUT2D eigenvalue weighted by Gasteiger charge is -2.36. The monoisotopic (exact) mass is 267 g/mol. The number of carbonyl (C=O) groups is 3. The van der Waals surface area contributed by atoms with E-state index in [4.69, 9.17) is 0 Å². The summed E-state index contributed by atoms with van der Waals surface area (Å²) in [5.74, 6) is -0.921. The van der Waals surface area contributed by atoms with Gasteiger partial charge in [-0.1, -0.05) is 6.42 Å². The van der Waals surface area contributed by atoms with Crippen LogP contribution >= 0.6 is 0 Å². The summed E-state index contributed by atoms with van der Waals surface area (Å²) in [6, 6.07) is -0.591. The van der Waals surface area contributed by atoms with Crippen molar-refractivity contribution in [1.29, 1.82) is 0 Å². The van der Waals surface area contributed by atoms with Crippen LogP contribution in [0.2, 0.25) is 0 Å². The number of likely N-dealkylation sites (tertiary alicyclic amines) is 1. The average molecular weight is 267 g/mol. The third-order valence-electron chi connectivity index (χ3n) is 3.90. The fraction of sp³-hybridized carbons (Fsp3) is 0.769. The van der Waals surface area contributed by atoms with Gasteiger partial charge in [-0.05, 0) is 39.8 Å². The smallest absolute Gasteiger partial charge is 0.302 e. The van der Waals surface area contributed by atoms with E-state index in [0.717, 1.165) is 18.0 Å². The first-order chi connectivity index (χ1) is 8.93. The van der Waals surface area contributed by atoms with Crippen LogP contribution in [0.1, 0.15) is 33.1 Å². The van der Waals surface area contributed by atoms with Crippen LogP contribution < -0.4 is 5.32 Å². The van der Waals surface area contributed by atoms with Gasteiger partial charge >= 0.3 is 6.03 Å². The van der Waals surface area contributed by atoms with Crippen molar-refractivity contribution < 1.29 is 14.4 Å². The summed E-state index contributed by atoms with van der Waals surface area (Å²) in [5.41, 5.74) is -1.16. The number of rotatable bonds is 3. The highest BCUT2D eigenvalue weighted by Gasteiger charge is 2.46. The number of hydrogen-bond donors (Lipinski definition) is 1. The van der Waals surface area contributed by atoms with Gasteiger partial charge in [0.1, 0.15) is 5.41 Å². The van der Waals surface area contributed by atoms with Crippen molar-refractivity contribution >= 4 is 17.8 Å². The highest BCUT2D eigenvalue weighted by Crippen LogP contribution is 2.23. The molecule has 0 aromatic heterocycles. The Labute approximate surface area is 113 Å². The van der Waals surface area contributed by atoms with E-state index in [2.05, 4.69) is 10.2 Å². The molecule has 2 saturated heterocycles. The zero-order chi connectivity index (χ0) is 14.0. The molecule has 106 valence electrons. The molecule has 0 aliphatic carbocycles. The van der Waals surface area contributed by atoms with Gasteiger partial charge < -0.3 is 4.90 Å². The van der Waals surface area contributed by atoms with E-state index in [9.17, 15) is 14.4 Å². The Morgan fingerprint density at radius 1 is 1.05 bits per heavy atom. The number of amides is 4. The van der Waals surface area contributed by atoms with E-state index >= 15 is 0 Å². The second kappa shape index (κ2) is 5.28. The number of piperidine rings is 1. The van der Waals surface area contributed by atoms with Crippen LogP contribution in [-0.2, 0) is 9.59 Å². The quantitative estimate of drug-likeness (QED) is 0.759. The maximum absolute atomic E-state index is 12.2. The van der Waals surface area contributed by atoms with E-state index in [0.29, 0.717) is 13.1 Å². The fourth-order valence-corrected chi connectivity index (χ4v) is 2.48. The largest absolute Gasteiger partial charge is 0.330 e. The normalized spacial score (nSPS) is 24.5. The number of nitrogens with zero attached hydrogens (tertiary/aromatic N) is 2. The number of imide groups is 2. The van der Waals surface area contributed by atoms with Crippen molar-refractivity contribution in [2.45, 2.75) is 33.1 Å². The van der Waals surface area contributed by atoms with Crippen molar-refractivity contribution in [3.8, 4) is 0 Å². The van der Waals surface area contributed by atoms with Crippen LogP contribution in [0.5, 0.6) is 0 Å². The molecular weight excluding hydrogens is 246 g/mol. The van der Waals surface area contributed by atoms with E-state index in [1.807, 2.05) is 0 Å². The molecule has 19 heavy (non-hydrogen) atoms. The molecule has 2 aliphatic rings. The third-order valence-corrected chi connectivity index (χ3v) is 3.90. The fourth-order valence-electron chi connectivity index (χ4n) is 2.48. The van der Waals surface area contributed by atoms with Gasteiger partial charge in [-0.25, -0.2) is 4.79 Å². The summed E-state index contributed by atoms with van der Waals surface area (Å²) < 4.78 is 0. The molecule has 0 spiro atoms. The average Bonchev–Trinajstić information content (AvgIpc) is 2.38. The topological polar surface area (TPSA) is 69.7 Å². The van der Waals surface area contributed by atoms with Crippen molar-refractivity contribution in [1.82, 2.24) is 15.1 Å². The molecule has 0 unspecified atom stereocenters. The van der Waals surface area contributed by atoms with E-state index in [1.165, 1.54) is 19.3 Å². The Balaban J connectivity index is 1.96. The molecule has 0 aromatic rings. The van der Waals surface area contributed by atoms with Gasteiger partial charge in [-0.15, -0.1) is 0 Å². The maximum atomic E-state index is 12.2. The van der Waals surface area contributed by atoms with Crippen molar-refractivity contribution in [3.63, 3.8) is 0 Å². The molecule has 2 fully saturated rings. The lowest BCUT2D eigenvalue weighted by molar-refractivity contribution is -0.149. The number of urea groups is 1. The molecule has 1 N–H and O–H groups in total. The highest BCUT2D eigenvalue weighted by molar-refractivity contribution is 6.18. The number of nitrogens with one attached hydrogen (secondary N) is 1. The zero-order valence-corrected chi connectivity index (χ0v) is 11.6. The van der Waals surface area contributed by atoms with E-state index in [-0.39, 0.29) is 0 Å². The van der Waals surface area contributed by atoms with Crippen LogP contribution in [0, 0.1) is 5.41 Å². The standard InChI is InChI=1S/C13H21N3O3/c1-13(2)10(17)14-12(19)16(11(13)18)9-8-15-6-4-3-5-7-15/h3-9H2,1-2H3,(H,14,17,19). The Bertz CT molecular complexity index is 400. The summed E-state index contributed by atoms with van der Waals surface area (Å²) in [5, 5.41) is 2.25. The maximum Gasteiger partial charge on any atom is 0.330 e. The van der Waals surface area contributed by atoms with Crippen LogP contribution in [0.3, 0.4) is 0 Å². The predicted octanol–water partition coefficient (Wildman–Crippen LogP) is 0.577. The molecule has 6 heteroatoms. The molecule has 6 nitrogen and oxygen atoms in total. The van der Waals surface area contributed by atoms with Gasteiger partial charge in [0, 0.05) is 13.1 Å². The first-order valence-electron chi connectivity index (χ1n) is 6.82. The zero-order valence-electron chi connectivity index (χ0n) is 11.6. The molecule has 0 saturated carbocycles. The van der Waals surface area contributed by atoms with Crippen molar-refractivity contribution in [3.05, 3.63) is 0 Å². The lowest BCUT2D eigenvalue weighted by Crippen LogP contribution is -2.62. The molecule has 2 rings (SSSR count). The molecular formula is C13H21N3O3. The van der Waals surface area contributed by atoms with Gasteiger partial charge in [-0.3, -0.25) is 19.8 Å². The molecule has 0 atom stereocenters. The van der Waals surface area contributed by atoms with Gasteiger partial charge in [0.25, 0.3) is 0 Å². The van der Waals surface area contributed by atoms with Crippen LogP contribution in [0.15, 0.2) is 0 Å². The van der Waals surface area contributed by atoms with Gasteiger partial charge in [-0.2, -0.15) is 0 Å². The Morgan fingerprint density at radius 3 is 2.32 bits per heavy atom. The minimum Gasteiger partial charge on any atom is -0.302 e. The van der Waals surface area contributed by atoms with Crippen molar-refractivity contribution in [2.24, 2.45) is 5.41 Å². The summed E-state index contributed by atoms with van der Waals surface area (Å²) in [7, 11) is 0. The molecule has 2 heterocycles. The Hall–Kier alpha value is -1.43. The number of carbonyl (C=O) groups excluding carboxylic acids is 3. The molecule has 2 aliphatic heterocycles. The summed E-state index contributed by atoms with van der Waals surface area (Å²) in [6.07, 6.45) is 3.59. The van der Waals surface area contributed by atoms with Crippen molar-refractivity contribution in [2.75, 3.05) is 26.2 Å². The number of barbiturate groups is 1. The van der Waals surface area contributed by atoms with Gasteiger partial charge in [0.2, 0.25) is 11.8 Å². The minimum absolute atomic E-state index is 0.349. The third kappa shape index (κ3) is 2.78. The number of hydrogen-bond acceptors (Lipinski definition) is 4. The van der Waals surface area contributed by atoms with Crippen LogP contribution in [-0.4, -0.2) is 53.8 Å². The molecule has 4 amide bonds. The Morgan fingerprint density at radius 2 is 1.68 bits per heavy atom. The minimum atomic E-state index is -1.16. The van der Waals surface area contributed by atoms with Crippen LogP contribution in [0.4, 0.5) is 4.79 Å². The Kier molecular flexibility index (Phi) is 3.89. The van der Waals surface area contributed by atoms with Gasteiger partial charge in [0.15, 0.2) is 0 Å². The SMILES string of the molecule is CC1(C)C(=O)NC(=O)N(CCN2CCCCC2)C1=O. The molecule has 0 aromatic carbocycles.